The highest BCUT2D eigenvalue weighted by Crippen LogP contribution is 2.09. The second kappa shape index (κ2) is 7.84. The minimum Gasteiger partial charge on any atom is -0.378 e. The number of amides is 1. The second-order valence-corrected chi connectivity index (χ2v) is 3.81. The number of hydrogen-bond donors (Lipinski definition) is 1. The molecule has 2 N–H and O–H groups in total. The maximum absolute atomic E-state index is 12.0. The first kappa shape index (κ1) is 14.7. The fourth-order valence-corrected chi connectivity index (χ4v) is 1.73. The van der Waals surface area contributed by atoms with E-state index in [-0.39, 0.29) is 7.33 Å². The number of morpholine rings is 1. The summed E-state index contributed by atoms with van der Waals surface area (Å²) in [5.41, 5.74) is 7.27. The maximum Gasteiger partial charge on any atom is 0.254 e. The summed E-state index contributed by atoms with van der Waals surface area (Å²) in [6, 6.07) is 7.46. The van der Waals surface area contributed by atoms with Crippen molar-refractivity contribution in [1.29, 1.82) is 0 Å². The van der Waals surface area contributed by atoms with Crippen LogP contribution in [0.2, 0.25) is 0 Å². The molecule has 1 heterocycles. The van der Waals surface area contributed by atoms with Crippen LogP contribution in [-0.2, 0) is 11.3 Å². The summed E-state index contributed by atoms with van der Waals surface area (Å²) in [4.78, 5) is 13.9. The van der Waals surface area contributed by atoms with Crippen molar-refractivity contribution in [2.24, 2.45) is 5.73 Å². The molecule has 4 heteroatoms. The monoisotopic (exact) mass is 252 g/mol. The average molecular weight is 252 g/mol. The number of hydrogen-bond acceptors (Lipinski definition) is 3. The first-order valence-electron chi connectivity index (χ1n) is 6.47. The van der Waals surface area contributed by atoms with E-state index >= 15 is 0 Å². The Hall–Kier alpha value is -1.39. The fourth-order valence-electron chi connectivity index (χ4n) is 1.73. The summed E-state index contributed by atoms with van der Waals surface area (Å²) in [5, 5.41) is 0. The van der Waals surface area contributed by atoms with Gasteiger partial charge in [-0.2, -0.15) is 0 Å². The molecule has 1 aromatic carbocycles. The van der Waals surface area contributed by atoms with Gasteiger partial charge in [-0.3, -0.25) is 4.79 Å². The first-order valence-corrected chi connectivity index (χ1v) is 6.47. The molecule has 0 aliphatic carbocycles. The fraction of sp³-hybridized carbons (Fsp3) is 0.500. The lowest BCUT2D eigenvalue weighted by atomic mass is 10.1. The highest BCUT2D eigenvalue weighted by molar-refractivity contribution is 5.94. The van der Waals surface area contributed by atoms with Crippen LogP contribution in [0.3, 0.4) is 0 Å². The van der Waals surface area contributed by atoms with Gasteiger partial charge in [0.15, 0.2) is 0 Å². The Labute approximate surface area is 110 Å². The lowest BCUT2D eigenvalue weighted by Crippen LogP contribution is -2.40. The van der Waals surface area contributed by atoms with Gasteiger partial charge in [0.05, 0.1) is 13.2 Å². The molecule has 1 amide bonds. The van der Waals surface area contributed by atoms with Gasteiger partial charge in [-0.1, -0.05) is 26.0 Å². The molecule has 102 valence electrons. The lowest BCUT2D eigenvalue weighted by molar-refractivity contribution is 0.0303. The van der Waals surface area contributed by atoms with Crippen molar-refractivity contribution in [3.63, 3.8) is 0 Å². The summed E-state index contributed by atoms with van der Waals surface area (Å²) in [7, 11) is 0. The van der Waals surface area contributed by atoms with Gasteiger partial charge in [0.1, 0.15) is 0 Å². The van der Waals surface area contributed by atoms with Crippen LogP contribution in [0, 0.1) is 0 Å². The third kappa shape index (κ3) is 3.82. The van der Waals surface area contributed by atoms with E-state index in [9.17, 15) is 4.79 Å². The summed E-state index contributed by atoms with van der Waals surface area (Å²) in [6.45, 7) is 7.13. The van der Waals surface area contributed by atoms with Crippen molar-refractivity contribution in [2.45, 2.75) is 20.4 Å². The van der Waals surface area contributed by atoms with Gasteiger partial charge in [-0.05, 0) is 17.7 Å². The molecule has 1 aromatic rings. The summed E-state index contributed by atoms with van der Waals surface area (Å²) in [5.74, 6) is 0.0758. The van der Waals surface area contributed by atoms with Gasteiger partial charge in [-0.15, -0.1) is 0 Å². The SMILES string of the molecule is CC.NCc1ccc(C(=O)N2CCOCC2)cc1.[HH]. The summed E-state index contributed by atoms with van der Waals surface area (Å²) in [6.07, 6.45) is 0. The number of ether oxygens (including phenoxy) is 1. The van der Waals surface area contributed by atoms with Crippen LogP contribution < -0.4 is 5.73 Å². The van der Waals surface area contributed by atoms with Crippen LogP contribution in [0.4, 0.5) is 0 Å². The van der Waals surface area contributed by atoms with Crippen LogP contribution in [0.25, 0.3) is 0 Å². The Balaban J connectivity index is 0.00000103. The molecule has 0 saturated carbocycles. The van der Waals surface area contributed by atoms with Gasteiger partial charge in [0, 0.05) is 26.6 Å². The van der Waals surface area contributed by atoms with Crippen molar-refractivity contribution in [1.82, 2.24) is 4.90 Å². The average Bonchev–Trinajstić information content (AvgIpc) is 2.49. The maximum atomic E-state index is 12.0. The van der Waals surface area contributed by atoms with Gasteiger partial charge < -0.3 is 15.4 Å². The molecule has 0 aromatic heterocycles. The molecule has 1 saturated heterocycles. The van der Waals surface area contributed by atoms with Crippen molar-refractivity contribution in [2.75, 3.05) is 26.3 Å². The Kier molecular flexibility index (Phi) is 6.39. The molecule has 1 aliphatic heterocycles. The molecule has 18 heavy (non-hydrogen) atoms. The van der Waals surface area contributed by atoms with Crippen LogP contribution in [0.5, 0.6) is 0 Å². The predicted octanol–water partition coefficient (Wildman–Crippen LogP) is 1.89. The lowest BCUT2D eigenvalue weighted by Gasteiger charge is -2.26. The zero-order chi connectivity index (χ0) is 13.4. The molecule has 0 radical (unpaired) electrons. The first-order chi connectivity index (χ1) is 8.81. The molecule has 1 fully saturated rings. The van der Waals surface area contributed by atoms with E-state index in [2.05, 4.69) is 0 Å². The van der Waals surface area contributed by atoms with Crippen molar-refractivity contribution >= 4 is 5.91 Å². The number of nitrogens with zero attached hydrogens (tertiary/aromatic N) is 1. The number of nitrogens with two attached hydrogens (primary N) is 1. The highest BCUT2D eigenvalue weighted by atomic mass is 16.5. The third-order valence-electron chi connectivity index (χ3n) is 2.73. The minimum absolute atomic E-state index is 0. The van der Waals surface area contributed by atoms with E-state index in [1.165, 1.54) is 0 Å². The van der Waals surface area contributed by atoms with Crippen molar-refractivity contribution in [3.05, 3.63) is 35.4 Å². The molecule has 0 bridgehead atoms. The van der Waals surface area contributed by atoms with E-state index < -0.39 is 0 Å². The molecule has 0 spiro atoms. The van der Waals surface area contributed by atoms with Crippen LogP contribution >= 0.6 is 0 Å². The van der Waals surface area contributed by atoms with E-state index in [4.69, 9.17) is 10.5 Å². The predicted molar refractivity (Wildman–Crippen MR) is 74.5 cm³/mol. The molecular formula is C14H24N2O2. The largest absolute Gasteiger partial charge is 0.378 e. The van der Waals surface area contributed by atoms with Gasteiger partial charge in [0.2, 0.25) is 0 Å². The van der Waals surface area contributed by atoms with E-state index in [1.54, 1.807) is 0 Å². The number of carbonyl (C=O) groups excluding carboxylic acids is 1. The number of rotatable bonds is 2. The smallest absolute Gasteiger partial charge is 0.254 e. The number of carbonyl (C=O) groups is 1. The Morgan fingerprint density at radius 1 is 1.28 bits per heavy atom. The third-order valence-corrected chi connectivity index (χ3v) is 2.73. The van der Waals surface area contributed by atoms with Crippen LogP contribution in [0.1, 0.15) is 31.2 Å². The minimum atomic E-state index is 0. The molecule has 4 nitrogen and oxygen atoms in total. The van der Waals surface area contributed by atoms with E-state index in [1.807, 2.05) is 43.0 Å². The Morgan fingerprint density at radius 3 is 2.33 bits per heavy atom. The zero-order valence-corrected chi connectivity index (χ0v) is 11.2. The molecule has 2 rings (SSSR count). The molecule has 0 unspecified atom stereocenters. The van der Waals surface area contributed by atoms with Gasteiger partial charge in [0.25, 0.3) is 5.91 Å². The quantitative estimate of drug-likeness (QED) is 0.874. The van der Waals surface area contributed by atoms with E-state index in [0.717, 1.165) is 11.1 Å². The van der Waals surface area contributed by atoms with Crippen molar-refractivity contribution in [3.8, 4) is 0 Å². The Bertz CT molecular complexity index is 362. The number of benzene rings is 1. The van der Waals surface area contributed by atoms with E-state index in [0.29, 0.717) is 32.8 Å². The topological polar surface area (TPSA) is 55.6 Å². The molecular weight excluding hydrogens is 228 g/mol. The second-order valence-electron chi connectivity index (χ2n) is 3.81. The standard InChI is InChI=1S/C12H16N2O2.C2H6.H2/c13-9-10-1-3-11(4-2-10)12(15)14-5-7-16-8-6-14;1-2;/h1-4H,5-9,13H2;1-2H3;1H. The summed E-state index contributed by atoms with van der Waals surface area (Å²) < 4.78 is 5.21. The molecule has 1 aliphatic rings. The van der Waals surface area contributed by atoms with Gasteiger partial charge >= 0.3 is 0 Å². The molecule has 0 atom stereocenters. The summed E-state index contributed by atoms with van der Waals surface area (Å²) >= 11 is 0. The van der Waals surface area contributed by atoms with Gasteiger partial charge in [-0.25, -0.2) is 0 Å². The van der Waals surface area contributed by atoms with Crippen LogP contribution in [-0.4, -0.2) is 37.1 Å². The normalized spacial score (nSPS) is 14.7. The highest BCUT2D eigenvalue weighted by Gasteiger charge is 2.17. The van der Waals surface area contributed by atoms with Crippen molar-refractivity contribution < 1.29 is 11.0 Å². The Morgan fingerprint density at radius 2 is 1.83 bits per heavy atom. The van der Waals surface area contributed by atoms with Crippen LogP contribution in [0.15, 0.2) is 24.3 Å². The zero-order valence-electron chi connectivity index (χ0n) is 11.2.